The summed E-state index contributed by atoms with van der Waals surface area (Å²) in [6.07, 6.45) is 3.97. The molecular formula is C15H24N2. The van der Waals surface area contributed by atoms with Crippen LogP contribution in [0.25, 0.3) is 0 Å². The number of benzene rings is 1. The molecule has 2 nitrogen and oxygen atoms in total. The summed E-state index contributed by atoms with van der Waals surface area (Å²) in [5.74, 6) is 0. The average molecular weight is 232 g/mol. The molecule has 2 N–H and O–H groups in total. The van der Waals surface area contributed by atoms with Crippen LogP contribution in [-0.2, 0) is 0 Å². The summed E-state index contributed by atoms with van der Waals surface area (Å²) in [6, 6.07) is 11.9. The van der Waals surface area contributed by atoms with Gasteiger partial charge in [0.1, 0.15) is 0 Å². The summed E-state index contributed by atoms with van der Waals surface area (Å²) in [5, 5.41) is 0. The van der Waals surface area contributed by atoms with E-state index in [0.717, 1.165) is 0 Å². The Morgan fingerprint density at radius 1 is 1.24 bits per heavy atom. The molecule has 94 valence electrons. The maximum absolute atomic E-state index is 6.22. The molecule has 0 aromatic heterocycles. The summed E-state index contributed by atoms with van der Waals surface area (Å²) in [5.41, 5.74) is 7.58. The van der Waals surface area contributed by atoms with Crippen molar-refractivity contribution in [2.45, 2.75) is 51.2 Å². The summed E-state index contributed by atoms with van der Waals surface area (Å²) >= 11 is 0. The zero-order valence-electron chi connectivity index (χ0n) is 11.0. The first-order valence-electron chi connectivity index (χ1n) is 6.76. The molecule has 0 spiro atoms. The Morgan fingerprint density at radius 2 is 1.94 bits per heavy atom. The zero-order chi connectivity index (χ0) is 12.3. The number of piperidine rings is 1. The second-order valence-electron chi connectivity index (χ2n) is 5.30. The van der Waals surface area contributed by atoms with E-state index < -0.39 is 0 Å². The Labute approximate surface area is 105 Å². The van der Waals surface area contributed by atoms with E-state index in [1.807, 2.05) is 0 Å². The number of rotatable bonds is 3. The van der Waals surface area contributed by atoms with Gasteiger partial charge in [-0.15, -0.1) is 0 Å². The first kappa shape index (κ1) is 12.6. The van der Waals surface area contributed by atoms with Crippen molar-refractivity contribution in [1.29, 1.82) is 0 Å². The normalized spacial score (nSPS) is 25.5. The lowest BCUT2D eigenvalue weighted by molar-refractivity contribution is 0.0923. The van der Waals surface area contributed by atoms with Crippen LogP contribution in [0.4, 0.5) is 0 Å². The number of hydrogen-bond acceptors (Lipinski definition) is 2. The molecule has 1 fully saturated rings. The van der Waals surface area contributed by atoms with Crippen molar-refractivity contribution in [2.24, 2.45) is 5.73 Å². The average Bonchev–Trinajstić information content (AvgIpc) is 2.33. The van der Waals surface area contributed by atoms with E-state index in [-0.39, 0.29) is 6.04 Å². The number of hydrogen-bond donors (Lipinski definition) is 1. The van der Waals surface area contributed by atoms with Crippen molar-refractivity contribution in [3.63, 3.8) is 0 Å². The Hall–Kier alpha value is -0.860. The van der Waals surface area contributed by atoms with E-state index >= 15 is 0 Å². The highest BCUT2D eigenvalue weighted by molar-refractivity contribution is 5.21. The lowest BCUT2D eigenvalue weighted by Gasteiger charge is -2.41. The van der Waals surface area contributed by atoms with E-state index in [1.165, 1.54) is 31.4 Å². The summed E-state index contributed by atoms with van der Waals surface area (Å²) in [7, 11) is 0. The topological polar surface area (TPSA) is 29.3 Å². The zero-order valence-corrected chi connectivity index (χ0v) is 11.0. The molecule has 0 bridgehead atoms. The van der Waals surface area contributed by atoms with Gasteiger partial charge in [-0.2, -0.15) is 0 Å². The van der Waals surface area contributed by atoms with Gasteiger partial charge in [-0.3, -0.25) is 4.90 Å². The highest BCUT2D eigenvalue weighted by Crippen LogP contribution is 2.30. The second kappa shape index (κ2) is 5.65. The molecule has 0 aliphatic carbocycles. The van der Waals surface area contributed by atoms with Crippen LogP contribution in [-0.4, -0.2) is 23.5 Å². The molecule has 0 saturated carbocycles. The third kappa shape index (κ3) is 2.88. The van der Waals surface area contributed by atoms with Crippen LogP contribution >= 0.6 is 0 Å². The molecule has 1 aliphatic rings. The first-order chi connectivity index (χ1) is 8.20. The highest BCUT2D eigenvalue weighted by Gasteiger charge is 2.29. The van der Waals surface area contributed by atoms with Crippen molar-refractivity contribution in [3.8, 4) is 0 Å². The van der Waals surface area contributed by atoms with Gasteiger partial charge in [-0.25, -0.2) is 0 Å². The molecule has 1 heterocycles. The van der Waals surface area contributed by atoms with Crippen LogP contribution in [0.3, 0.4) is 0 Å². The summed E-state index contributed by atoms with van der Waals surface area (Å²) in [4.78, 5) is 2.59. The van der Waals surface area contributed by atoms with Gasteiger partial charge in [-0.05, 0) is 38.8 Å². The van der Waals surface area contributed by atoms with Gasteiger partial charge in [0.05, 0.1) is 0 Å². The number of nitrogens with two attached hydrogens (primary N) is 1. The molecule has 1 aromatic carbocycles. The van der Waals surface area contributed by atoms with Crippen LogP contribution in [0.2, 0.25) is 0 Å². The van der Waals surface area contributed by atoms with Gasteiger partial charge < -0.3 is 5.73 Å². The van der Waals surface area contributed by atoms with Crippen molar-refractivity contribution in [2.75, 3.05) is 6.54 Å². The van der Waals surface area contributed by atoms with Crippen molar-refractivity contribution in [1.82, 2.24) is 4.90 Å². The van der Waals surface area contributed by atoms with Crippen molar-refractivity contribution >= 4 is 0 Å². The monoisotopic (exact) mass is 232 g/mol. The van der Waals surface area contributed by atoms with Gasteiger partial charge in [0, 0.05) is 18.1 Å². The molecule has 1 aliphatic heterocycles. The van der Waals surface area contributed by atoms with E-state index in [2.05, 4.69) is 49.1 Å². The molecule has 1 aromatic rings. The molecule has 3 atom stereocenters. The van der Waals surface area contributed by atoms with Crippen LogP contribution < -0.4 is 5.73 Å². The molecule has 0 radical (unpaired) electrons. The Morgan fingerprint density at radius 3 is 2.53 bits per heavy atom. The predicted octanol–water partition coefficient (Wildman–Crippen LogP) is 2.95. The quantitative estimate of drug-likeness (QED) is 0.868. The van der Waals surface area contributed by atoms with E-state index in [9.17, 15) is 0 Å². The predicted molar refractivity (Wildman–Crippen MR) is 72.9 cm³/mol. The Bertz CT molecular complexity index is 334. The van der Waals surface area contributed by atoms with Crippen LogP contribution in [0, 0.1) is 0 Å². The first-order valence-corrected chi connectivity index (χ1v) is 6.76. The third-order valence-electron chi connectivity index (χ3n) is 3.85. The third-order valence-corrected chi connectivity index (χ3v) is 3.85. The smallest absolute Gasteiger partial charge is 0.0499 e. The van der Waals surface area contributed by atoms with Gasteiger partial charge in [0.2, 0.25) is 0 Å². The van der Waals surface area contributed by atoms with Crippen LogP contribution in [0.15, 0.2) is 30.3 Å². The maximum Gasteiger partial charge on any atom is 0.0499 e. The lowest BCUT2D eigenvalue weighted by atomic mass is 9.93. The van der Waals surface area contributed by atoms with Crippen molar-refractivity contribution in [3.05, 3.63) is 35.9 Å². The molecule has 0 amide bonds. The van der Waals surface area contributed by atoms with E-state index in [0.29, 0.717) is 12.1 Å². The van der Waals surface area contributed by atoms with Gasteiger partial charge in [-0.1, -0.05) is 36.8 Å². The fourth-order valence-electron chi connectivity index (χ4n) is 2.98. The fraction of sp³-hybridized carbons (Fsp3) is 0.600. The molecule has 2 rings (SSSR count). The summed E-state index contributed by atoms with van der Waals surface area (Å²) < 4.78 is 0. The molecule has 2 heteroatoms. The molecule has 3 unspecified atom stereocenters. The largest absolute Gasteiger partial charge is 0.326 e. The molecule has 17 heavy (non-hydrogen) atoms. The minimum atomic E-state index is 0.179. The van der Waals surface area contributed by atoms with Crippen LogP contribution in [0.1, 0.15) is 44.7 Å². The van der Waals surface area contributed by atoms with Crippen molar-refractivity contribution < 1.29 is 0 Å². The minimum Gasteiger partial charge on any atom is -0.326 e. The molecular weight excluding hydrogens is 208 g/mol. The number of nitrogens with zero attached hydrogens (tertiary/aromatic N) is 1. The lowest BCUT2D eigenvalue weighted by Crippen LogP contribution is -2.46. The fourth-order valence-corrected chi connectivity index (χ4v) is 2.98. The second-order valence-corrected chi connectivity index (χ2v) is 5.30. The van der Waals surface area contributed by atoms with Crippen LogP contribution in [0.5, 0.6) is 0 Å². The van der Waals surface area contributed by atoms with Gasteiger partial charge in [0.25, 0.3) is 0 Å². The molecule has 1 saturated heterocycles. The maximum atomic E-state index is 6.22. The summed E-state index contributed by atoms with van der Waals surface area (Å²) in [6.45, 7) is 5.64. The van der Waals surface area contributed by atoms with E-state index in [1.54, 1.807) is 0 Å². The highest BCUT2D eigenvalue weighted by atomic mass is 15.2. The van der Waals surface area contributed by atoms with Gasteiger partial charge >= 0.3 is 0 Å². The minimum absolute atomic E-state index is 0.179. The standard InChI is InChI=1S/C15H24N2/c1-12-8-6-7-11-17(12)15(13(2)16)14-9-4-3-5-10-14/h3-5,9-10,12-13,15H,6-8,11,16H2,1-2H3. The van der Waals surface area contributed by atoms with E-state index in [4.69, 9.17) is 5.73 Å². The Kier molecular flexibility index (Phi) is 4.19. The Balaban J connectivity index is 2.22. The SMILES string of the molecule is CC(N)C(c1ccccc1)N1CCCCC1C. The number of likely N-dealkylation sites (tertiary alicyclic amines) is 1. The van der Waals surface area contributed by atoms with Gasteiger partial charge in [0.15, 0.2) is 0 Å².